The lowest BCUT2D eigenvalue weighted by Crippen LogP contribution is -2.44. The maximum absolute atomic E-state index is 12.6. The van der Waals surface area contributed by atoms with Crippen LogP contribution in [-0.4, -0.2) is 32.3 Å². The molecule has 0 bridgehead atoms. The first kappa shape index (κ1) is 14.0. The molecule has 5 nitrogen and oxygen atoms in total. The molecule has 0 saturated carbocycles. The second-order valence-corrected chi connectivity index (χ2v) is 6.33. The number of thiophene rings is 1. The Bertz CT molecular complexity index is 802. The normalized spacial score (nSPS) is 16.9. The molecule has 0 radical (unpaired) electrons. The van der Waals surface area contributed by atoms with E-state index in [1.54, 1.807) is 36.1 Å². The Morgan fingerprint density at radius 3 is 2.57 bits per heavy atom. The smallest absolute Gasteiger partial charge is 0.257 e. The predicted molar refractivity (Wildman–Crippen MR) is 88.0 cm³/mol. The summed E-state index contributed by atoms with van der Waals surface area (Å²) in [6.07, 6.45) is 7.62. The van der Waals surface area contributed by atoms with E-state index < -0.39 is 0 Å². The van der Waals surface area contributed by atoms with Gasteiger partial charge in [0.1, 0.15) is 0 Å². The topological polar surface area (TPSA) is 59.0 Å². The Hall–Kier alpha value is -2.60. The number of carbonyl (C=O) groups excluding carboxylic acids is 1. The Labute approximate surface area is 137 Å². The maximum Gasteiger partial charge on any atom is 0.257 e. The molecule has 1 saturated heterocycles. The zero-order chi connectivity index (χ0) is 15.6. The van der Waals surface area contributed by atoms with Gasteiger partial charge in [0.25, 0.3) is 5.91 Å². The highest BCUT2D eigenvalue weighted by atomic mass is 32.1. The van der Waals surface area contributed by atoms with Crippen LogP contribution in [-0.2, 0) is 0 Å². The molecule has 0 unspecified atom stereocenters. The quantitative estimate of drug-likeness (QED) is 0.743. The summed E-state index contributed by atoms with van der Waals surface area (Å²) in [4.78, 5) is 28.3. The Kier molecular flexibility index (Phi) is 3.59. The fourth-order valence-electron chi connectivity index (χ4n) is 2.66. The number of aromatic nitrogens is 3. The molecule has 3 aromatic rings. The third kappa shape index (κ3) is 2.61. The van der Waals surface area contributed by atoms with E-state index in [4.69, 9.17) is 0 Å². The number of hydrogen-bond donors (Lipinski definition) is 0. The van der Waals surface area contributed by atoms with Crippen LogP contribution in [0.3, 0.4) is 0 Å². The van der Waals surface area contributed by atoms with E-state index in [2.05, 4.69) is 21.0 Å². The summed E-state index contributed by atoms with van der Waals surface area (Å²) in [5.41, 5.74) is 1.42. The Morgan fingerprint density at radius 2 is 1.96 bits per heavy atom. The highest BCUT2D eigenvalue weighted by Gasteiger charge is 2.34. The minimum atomic E-state index is -0.00377. The van der Waals surface area contributed by atoms with Crippen LogP contribution in [0.2, 0.25) is 0 Å². The summed E-state index contributed by atoms with van der Waals surface area (Å²) in [6, 6.07) is 7.99. The van der Waals surface area contributed by atoms with Gasteiger partial charge in [-0.25, -0.2) is 9.97 Å². The fraction of sp³-hybridized carbons (Fsp3) is 0.176. The number of amides is 1. The van der Waals surface area contributed by atoms with Gasteiger partial charge in [-0.15, -0.1) is 11.3 Å². The minimum Gasteiger partial charge on any atom is -0.331 e. The third-order valence-corrected chi connectivity index (χ3v) is 4.96. The lowest BCUT2D eigenvalue weighted by Gasteiger charge is -2.40. The molecule has 4 heterocycles. The highest BCUT2D eigenvalue weighted by molar-refractivity contribution is 7.10. The molecule has 4 rings (SSSR count). The number of rotatable bonds is 3. The highest BCUT2D eigenvalue weighted by Crippen LogP contribution is 2.36. The molecule has 1 atom stereocenters. The van der Waals surface area contributed by atoms with Gasteiger partial charge in [0, 0.05) is 41.8 Å². The van der Waals surface area contributed by atoms with Gasteiger partial charge in [0.2, 0.25) is 0 Å². The van der Waals surface area contributed by atoms with Crippen LogP contribution in [0.1, 0.15) is 27.7 Å². The van der Waals surface area contributed by atoms with E-state index in [-0.39, 0.29) is 11.9 Å². The average molecular weight is 322 g/mol. The summed E-state index contributed by atoms with van der Waals surface area (Å²) in [5.74, 6) is 0.596. The van der Waals surface area contributed by atoms with Crippen molar-refractivity contribution in [1.29, 1.82) is 0 Å². The van der Waals surface area contributed by atoms with Crippen molar-refractivity contribution >= 4 is 17.2 Å². The van der Waals surface area contributed by atoms with Crippen LogP contribution >= 0.6 is 11.3 Å². The second kappa shape index (κ2) is 5.89. The standard InChI is InChI=1S/C17H14N4OS/c22-17(21-8-5-14(21)15-2-1-9-23-15)13-10-19-16(20-11-13)12-3-6-18-7-4-12/h1-4,6-7,9-11,14H,5,8H2/t14-/m1/s1. The van der Waals surface area contributed by atoms with Crippen molar-refractivity contribution in [3.63, 3.8) is 0 Å². The van der Waals surface area contributed by atoms with E-state index in [1.807, 2.05) is 28.5 Å². The Morgan fingerprint density at radius 1 is 1.17 bits per heavy atom. The molecule has 114 valence electrons. The van der Waals surface area contributed by atoms with Gasteiger partial charge in [-0.05, 0) is 30.0 Å². The first-order chi connectivity index (χ1) is 11.3. The largest absolute Gasteiger partial charge is 0.331 e. The van der Waals surface area contributed by atoms with Crippen molar-refractivity contribution < 1.29 is 4.79 Å². The molecule has 0 N–H and O–H groups in total. The molecule has 1 aliphatic rings. The zero-order valence-corrected chi connectivity index (χ0v) is 13.1. The summed E-state index contributed by atoms with van der Waals surface area (Å²) < 4.78 is 0. The molecule has 3 aromatic heterocycles. The number of likely N-dealkylation sites (tertiary alicyclic amines) is 1. The van der Waals surface area contributed by atoms with Crippen molar-refractivity contribution in [3.8, 4) is 11.4 Å². The molecule has 23 heavy (non-hydrogen) atoms. The summed E-state index contributed by atoms with van der Waals surface area (Å²) in [5, 5.41) is 2.04. The fourth-order valence-corrected chi connectivity index (χ4v) is 3.54. The van der Waals surface area contributed by atoms with Gasteiger partial charge in [0.05, 0.1) is 11.6 Å². The van der Waals surface area contributed by atoms with Crippen molar-refractivity contribution in [2.75, 3.05) is 6.54 Å². The van der Waals surface area contributed by atoms with Crippen LogP contribution in [0.15, 0.2) is 54.4 Å². The van der Waals surface area contributed by atoms with Crippen molar-refractivity contribution in [2.45, 2.75) is 12.5 Å². The lowest BCUT2D eigenvalue weighted by atomic mass is 10.0. The van der Waals surface area contributed by atoms with Crippen molar-refractivity contribution in [1.82, 2.24) is 19.9 Å². The molecule has 0 aliphatic carbocycles. The number of pyridine rings is 1. The first-order valence-electron chi connectivity index (χ1n) is 7.40. The van der Waals surface area contributed by atoms with Gasteiger partial charge in [-0.2, -0.15) is 0 Å². The molecule has 1 fully saturated rings. The van der Waals surface area contributed by atoms with Crippen LogP contribution in [0.4, 0.5) is 0 Å². The van der Waals surface area contributed by atoms with E-state index in [0.717, 1.165) is 18.5 Å². The van der Waals surface area contributed by atoms with E-state index in [9.17, 15) is 4.79 Å². The molecular weight excluding hydrogens is 308 g/mol. The number of carbonyl (C=O) groups is 1. The molecular formula is C17H14N4OS. The van der Waals surface area contributed by atoms with Gasteiger partial charge in [0.15, 0.2) is 5.82 Å². The average Bonchev–Trinajstić information content (AvgIpc) is 3.08. The van der Waals surface area contributed by atoms with Crippen molar-refractivity contribution in [2.24, 2.45) is 0 Å². The van der Waals surface area contributed by atoms with Crippen LogP contribution < -0.4 is 0 Å². The van der Waals surface area contributed by atoms with Gasteiger partial charge < -0.3 is 4.90 Å². The summed E-state index contributed by atoms with van der Waals surface area (Å²) >= 11 is 1.69. The molecule has 1 amide bonds. The number of hydrogen-bond acceptors (Lipinski definition) is 5. The van der Waals surface area contributed by atoms with Gasteiger partial charge in [-0.3, -0.25) is 9.78 Å². The minimum absolute atomic E-state index is 0.00377. The van der Waals surface area contributed by atoms with E-state index in [0.29, 0.717) is 11.4 Å². The summed E-state index contributed by atoms with van der Waals surface area (Å²) in [7, 11) is 0. The van der Waals surface area contributed by atoms with Crippen molar-refractivity contribution in [3.05, 3.63) is 64.9 Å². The van der Waals surface area contributed by atoms with E-state index in [1.165, 1.54) is 4.88 Å². The molecule has 0 spiro atoms. The van der Waals surface area contributed by atoms with E-state index >= 15 is 0 Å². The molecule has 0 aromatic carbocycles. The predicted octanol–water partition coefficient (Wildman–Crippen LogP) is 3.19. The van der Waals surface area contributed by atoms with Crippen LogP contribution in [0, 0.1) is 0 Å². The van der Waals surface area contributed by atoms with Crippen LogP contribution in [0.5, 0.6) is 0 Å². The number of nitrogens with zero attached hydrogens (tertiary/aromatic N) is 4. The second-order valence-electron chi connectivity index (χ2n) is 5.35. The Balaban J connectivity index is 1.53. The van der Waals surface area contributed by atoms with Gasteiger partial charge >= 0.3 is 0 Å². The molecule has 6 heteroatoms. The van der Waals surface area contributed by atoms with Crippen LogP contribution in [0.25, 0.3) is 11.4 Å². The SMILES string of the molecule is O=C(c1cnc(-c2ccncc2)nc1)N1CC[C@@H]1c1cccs1. The maximum atomic E-state index is 12.6. The monoisotopic (exact) mass is 322 g/mol. The molecule has 1 aliphatic heterocycles. The zero-order valence-electron chi connectivity index (χ0n) is 12.3. The summed E-state index contributed by atoms with van der Waals surface area (Å²) in [6.45, 7) is 0.785. The lowest BCUT2D eigenvalue weighted by molar-refractivity contribution is 0.0467. The first-order valence-corrected chi connectivity index (χ1v) is 8.28. The van der Waals surface area contributed by atoms with Gasteiger partial charge in [-0.1, -0.05) is 6.07 Å². The third-order valence-electron chi connectivity index (χ3n) is 3.99.